The van der Waals surface area contributed by atoms with E-state index in [-0.39, 0.29) is 12.5 Å². The van der Waals surface area contributed by atoms with E-state index in [1.165, 1.54) is 6.33 Å². The number of amides is 1. The molecule has 0 bridgehead atoms. The van der Waals surface area contributed by atoms with E-state index in [0.717, 1.165) is 17.8 Å². The first-order valence-corrected chi connectivity index (χ1v) is 5.96. The highest BCUT2D eigenvalue weighted by atomic mass is 35.5. The maximum atomic E-state index is 11.4. The summed E-state index contributed by atoms with van der Waals surface area (Å²) in [4.78, 5) is 21.5. The number of hydrogen-bond acceptors (Lipinski definition) is 4. The summed E-state index contributed by atoms with van der Waals surface area (Å²) in [5.41, 5.74) is 0.875. The molecular formula is C11H17ClN4O. The van der Waals surface area contributed by atoms with Crippen molar-refractivity contribution in [1.82, 2.24) is 15.3 Å². The molecule has 0 aliphatic heterocycles. The number of likely N-dealkylation sites (N-methyl/N-ethyl adjacent to an activating group) is 2. The lowest BCUT2D eigenvalue weighted by Gasteiger charge is -2.23. The van der Waals surface area contributed by atoms with Crippen molar-refractivity contribution < 1.29 is 4.79 Å². The zero-order valence-electron chi connectivity index (χ0n) is 10.3. The minimum Gasteiger partial charge on any atom is -0.358 e. The van der Waals surface area contributed by atoms with Crippen LogP contribution in [0.4, 0.5) is 5.82 Å². The van der Waals surface area contributed by atoms with Crippen LogP contribution in [0.2, 0.25) is 5.15 Å². The van der Waals surface area contributed by atoms with Crippen molar-refractivity contribution >= 4 is 23.3 Å². The quantitative estimate of drug-likeness (QED) is 0.806. The van der Waals surface area contributed by atoms with Crippen LogP contribution in [0.5, 0.6) is 0 Å². The van der Waals surface area contributed by atoms with Crippen molar-refractivity contribution in [1.29, 1.82) is 0 Å². The molecule has 1 aromatic heterocycles. The Bertz CT molecular complexity index is 397. The van der Waals surface area contributed by atoms with Crippen LogP contribution in [0.1, 0.15) is 19.4 Å². The summed E-state index contributed by atoms with van der Waals surface area (Å²) in [6.07, 6.45) is 2.16. The van der Waals surface area contributed by atoms with Crippen LogP contribution < -0.4 is 10.2 Å². The fraction of sp³-hybridized carbons (Fsp3) is 0.545. The minimum atomic E-state index is -0.0522. The molecule has 0 saturated heterocycles. The second kappa shape index (κ2) is 6.39. The normalized spacial score (nSPS) is 10.1. The lowest BCUT2D eigenvalue weighted by molar-refractivity contribution is -0.119. The molecule has 1 aromatic rings. The lowest BCUT2D eigenvalue weighted by Crippen LogP contribution is -2.36. The number of carbonyl (C=O) groups excluding carboxylic acids is 1. The van der Waals surface area contributed by atoms with E-state index in [0.29, 0.717) is 11.7 Å². The van der Waals surface area contributed by atoms with E-state index in [2.05, 4.69) is 15.3 Å². The molecule has 0 radical (unpaired) electrons. The van der Waals surface area contributed by atoms with Crippen molar-refractivity contribution in [3.8, 4) is 0 Å². The Hall–Kier alpha value is -1.36. The molecule has 1 rings (SSSR count). The largest absolute Gasteiger partial charge is 0.358 e. The van der Waals surface area contributed by atoms with Crippen LogP contribution in [-0.2, 0) is 11.2 Å². The molecule has 94 valence electrons. The topological polar surface area (TPSA) is 58.1 Å². The molecular weight excluding hydrogens is 240 g/mol. The van der Waals surface area contributed by atoms with Gasteiger partial charge in [-0.25, -0.2) is 9.97 Å². The van der Waals surface area contributed by atoms with Crippen molar-refractivity contribution in [3.05, 3.63) is 17.0 Å². The number of rotatable bonds is 5. The van der Waals surface area contributed by atoms with Gasteiger partial charge in [0.05, 0.1) is 6.54 Å². The number of hydrogen-bond donors (Lipinski definition) is 1. The molecule has 0 aromatic carbocycles. The lowest BCUT2D eigenvalue weighted by atomic mass is 10.2. The zero-order valence-corrected chi connectivity index (χ0v) is 11.1. The third-order valence-corrected chi connectivity index (χ3v) is 2.84. The fourth-order valence-corrected chi connectivity index (χ4v) is 1.81. The molecule has 6 heteroatoms. The monoisotopic (exact) mass is 256 g/mol. The van der Waals surface area contributed by atoms with E-state index < -0.39 is 0 Å². The highest BCUT2D eigenvalue weighted by molar-refractivity contribution is 6.30. The summed E-state index contributed by atoms with van der Waals surface area (Å²) >= 11 is 6.02. The van der Waals surface area contributed by atoms with Crippen molar-refractivity contribution in [2.75, 3.05) is 25.0 Å². The molecule has 0 spiro atoms. The van der Waals surface area contributed by atoms with Gasteiger partial charge < -0.3 is 10.2 Å². The third kappa shape index (κ3) is 3.30. The Morgan fingerprint density at radius 1 is 1.47 bits per heavy atom. The van der Waals surface area contributed by atoms with E-state index in [1.807, 2.05) is 18.7 Å². The second-order valence-electron chi connectivity index (χ2n) is 3.51. The Balaban J connectivity index is 3.03. The summed E-state index contributed by atoms with van der Waals surface area (Å²) in [7, 11) is 1.61. The molecule has 0 unspecified atom stereocenters. The predicted molar refractivity (Wildman–Crippen MR) is 68.4 cm³/mol. The van der Waals surface area contributed by atoms with Crippen molar-refractivity contribution in [2.45, 2.75) is 20.3 Å². The Morgan fingerprint density at radius 2 is 2.18 bits per heavy atom. The summed E-state index contributed by atoms with van der Waals surface area (Å²) < 4.78 is 0. The maximum absolute atomic E-state index is 11.4. The number of nitrogens with zero attached hydrogens (tertiary/aromatic N) is 3. The van der Waals surface area contributed by atoms with Gasteiger partial charge in [-0.05, 0) is 13.3 Å². The molecule has 0 aliphatic carbocycles. The van der Waals surface area contributed by atoms with E-state index in [9.17, 15) is 4.79 Å². The number of aromatic nitrogens is 2. The molecule has 0 fully saturated rings. The van der Waals surface area contributed by atoms with Crippen molar-refractivity contribution in [3.63, 3.8) is 0 Å². The molecule has 1 heterocycles. The van der Waals surface area contributed by atoms with Gasteiger partial charge in [-0.1, -0.05) is 18.5 Å². The highest BCUT2D eigenvalue weighted by Gasteiger charge is 2.16. The zero-order chi connectivity index (χ0) is 12.8. The first-order chi connectivity index (χ1) is 8.13. The van der Waals surface area contributed by atoms with Gasteiger partial charge in [-0.2, -0.15) is 0 Å². The Labute approximate surface area is 106 Å². The third-order valence-electron chi connectivity index (χ3n) is 2.52. The first-order valence-electron chi connectivity index (χ1n) is 5.58. The standard InChI is InChI=1S/C11H17ClN4O/c1-4-8-10(12)14-7-15-11(8)16(5-2)6-9(17)13-3/h7H,4-6H2,1-3H3,(H,13,17). The summed E-state index contributed by atoms with van der Waals surface area (Å²) in [5.74, 6) is 0.683. The number of anilines is 1. The van der Waals surface area contributed by atoms with E-state index in [4.69, 9.17) is 11.6 Å². The molecule has 0 saturated carbocycles. The Morgan fingerprint density at radius 3 is 2.71 bits per heavy atom. The van der Waals surface area contributed by atoms with Crippen LogP contribution in [0.15, 0.2) is 6.33 Å². The van der Waals surface area contributed by atoms with Gasteiger partial charge >= 0.3 is 0 Å². The van der Waals surface area contributed by atoms with Gasteiger partial charge in [-0.3, -0.25) is 4.79 Å². The first kappa shape index (κ1) is 13.7. The molecule has 5 nitrogen and oxygen atoms in total. The highest BCUT2D eigenvalue weighted by Crippen LogP contribution is 2.23. The molecule has 1 N–H and O–H groups in total. The second-order valence-corrected chi connectivity index (χ2v) is 3.87. The summed E-state index contributed by atoms with van der Waals surface area (Å²) in [5, 5.41) is 3.05. The molecule has 1 amide bonds. The van der Waals surface area contributed by atoms with Gasteiger partial charge in [0.2, 0.25) is 5.91 Å². The average molecular weight is 257 g/mol. The van der Waals surface area contributed by atoms with Gasteiger partial charge in [0.1, 0.15) is 17.3 Å². The smallest absolute Gasteiger partial charge is 0.239 e. The SMILES string of the molecule is CCc1c(Cl)ncnc1N(CC)CC(=O)NC. The van der Waals surface area contributed by atoms with Gasteiger partial charge in [0, 0.05) is 19.2 Å². The number of halogens is 1. The maximum Gasteiger partial charge on any atom is 0.239 e. The fourth-order valence-electron chi connectivity index (χ4n) is 1.55. The predicted octanol–water partition coefficient (Wildman–Crippen LogP) is 1.26. The van der Waals surface area contributed by atoms with Crippen LogP contribution >= 0.6 is 11.6 Å². The van der Waals surface area contributed by atoms with Crippen molar-refractivity contribution in [2.24, 2.45) is 0 Å². The minimum absolute atomic E-state index is 0.0522. The van der Waals surface area contributed by atoms with Gasteiger partial charge in [-0.15, -0.1) is 0 Å². The van der Waals surface area contributed by atoms with E-state index >= 15 is 0 Å². The molecule has 17 heavy (non-hydrogen) atoms. The summed E-state index contributed by atoms with van der Waals surface area (Å²) in [6, 6.07) is 0. The van der Waals surface area contributed by atoms with Gasteiger partial charge in [0.15, 0.2) is 0 Å². The van der Waals surface area contributed by atoms with Crippen LogP contribution in [0, 0.1) is 0 Å². The van der Waals surface area contributed by atoms with Crippen LogP contribution in [0.25, 0.3) is 0 Å². The molecule has 0 aliphatic rings. The average Bonchev–Trinajstić information content (AvgIpc) is 2.35. The van der Waals surface area contributed by atoms with Crippen LogP contribution in [0.3, 0.4) is 0 Å². The van der Waals surface area contributed by atoms with E-state index in [1.54, 1.807) is 7.05 Å². The summed E-state index contributed by atoms with van der Waals surface area (Å²) in [6.45, 7) is 4.92. The van der Waals surface area contributed by atoms with Crippen LogP contribution in [-0.4, -0.2) is 36.0 Å². The number of nitrogens with one attached hydrogen (secondary N) is 1. The van der Waals surface area contributed by atoms with Gasteiger partial charge in [0.25, 0.3) is 0 Å². The molecule has 0 atom stereocenters. The Kier molecular flexibility index (Phi) is 5.15. The number of carbonyl (C=O) groups is 1.